The maximum atomic E-state index is 13.7. The Bertz CT molecular complexity index is 2050. The van der Waals surface area contributed by atoms with Crippen LogP contribution in [0.4, 0.5) is 9.59 Å². The summed E-state index contributed by atoms with van der Waals surface area (Å²) in [6.45, 7) is 10.1. The molecule has 1 saturated heterocycles. The van der Waals surface area contributed by atoms with E-state index >= 15 is 0 Å². The topological polar surface area (TPSA) is 175 Å². The molecule has 0 saturated carbocycles. The fraction of sp³-hybridized carbons (Fsp3) is 0.476. The Morgan fingerprint density at radius 2 is 1.48 bits per heavy atom. The van der Waals surface area contributed by atoms with E-state index in [1.54, 1.807) is 18.1 Å². The van der Waals surface area contributed by atoms with Crippen molar-refractivity contribution < 1.29 is 28.7 Å². The van der Waals surface area contributed by atoms with Gasteiger partial charge in [0.1, 0.15) is 23.7 Å². The van der Waals surface area contributed by atoms with E-state index in [4.69, 9.17) is 14.5 Å². The van der Waals surface area contributed by atoms with Crippen molar-refractivity contribution in [2.45, 2.75) is 90.9 Å². The Hall–Kier alpha value is -5.66. The van der Waals surface area contributed by atoms with Crippen LogP contribution in [0, 0.1) is 11.8 Å². The van der Waals surface area contributed by atoms with Crippen molar-refractivity contribution in [2.24, 2.45) is 11.8 Å². The van der Waals surface area contributed by atoms with Gasteiger partial charge >= 0.3 is 12.2 Å². The molecule has 2 aliphatic rings. The second kappa shape index (κ2) is 17.0. The molecule has 4 N–H and O–H groups in total. The molecule has 14 heteroatoms. The molecule has 3 heterocycles. The summed E-state index contributed by atoms with van der Waals surface area (Å²) in [5, 5.41) is 5.37. The minimum atomic E-state index is -0.731. The average Bonchev–Trinajstić information content (AvgIpc) is 3.96. The SMILES string of the molecule is COC(=O)N[C@H](C(=O)N(C)[C@@H](C)c1ncc(-c2ccc(-c3ccc4c(c3)CCCc3[nH]c([C@@H]5CCCN5C(=O)[C@@H](NC(=O)OC)C(C)C)nc3-4)cc2)[nH]1)C(C)C. The molecule has 298 valence electrons. The molecule has 6 rings (SSSR count). The van der Waals surface area contributed by atoms with E-state index < -0.39 is 24.3 Å². The highest BCUT2D eigenvalue weighted by Gasteiger charge is 2.38. The monoisotopic (exact) mass is 766 g/mol. The largest absolute Gasteiger partial charge is 0.453 e. The third-order valence-corrected chi connectivity index (χ3v) is 11.1. The van der Waals surface area contributed by atoms with Crippen LogP contribution in [0.15, 0.2) is 48.7 Å². The lowest BCUT2D eigenvalue weighted by atomic mass is 9.95. The van der Waals surface area contributed by atoms with Gasteiger partial charge in [-0.3, -0.25) is 9.59 Å². The first-order valence-electron chi connectivity index (χ1n) is 19.4. The van der Waals surface area contributed by atoms with Gasteiger partial charge in [-0.25, -0.2) is 19.6 Å². The van der Waals surface area contributed by atoms with Crippen molar-refractivity contribution in [2.75, 3.05) is 27.8 Å². The van der Waals surface area contributed by atoms with Crippen LogP contribution in [0.5, 0.6) is 0 Å². The lowest BCUT2D eigenvalue weighted by Gasteiger charge is -2.30. The summed E-state index contributed by atoms with van der Waals surface area (Å²) in [6, 6.07) is 12.9. The molecule has 0 radical (unpaired) electrons. The van der Waals surface area contributed by atoms with Crippen LogP contribution in [-0.2, 0) is 31.9 Å². The number of aromatic nitrogens is 4. The summed E-state index contributed by atoms with van der Waals surface area (Å²) in [7, 11) is 4.27. The Kier molecular flexibility index (Phi) is 12.2. The number of H-pyrrole nitrogens is 2. The van der Waals surface area contributed by atoms with Crippen LogP contribution in [0.1, 0.15) is 88.9 Å². The van der Waals surface area contributed by atoms with E-state index in [1.807, 2.05) is 39.5 Å². The van der Waals surface area contributed by atoms with Gasteiger partial charge in [-0.15, -0.1) is 0 Å². The Morgan fingerprint density at radius 3 is 2.14 bits per heavy atom. The Morgan fingerprint density at radius 1 is 0.839 bits per heavy atom. The second-order valence-corrected chi connectivity index (χ2v) is 15.5. The van der Waals surface area contributed by atoms with Crippen LogP contribution < -0.4 is 10.6 Å². The number of ether oxygens (including phenoxy) is 2. The van der Waals surface area contributed by atoms with Gasteiger partial charge in [0, 0.05) is 24.8 Å². The third-order valence-electron chi connectivity index (χ3n) is 11.1. The number of hydrogen-bond acceptors (Lipinski definition) is 8. The van der Waals surface area contributed by atoms with Gasteiger partial charge in [0.15, 0.2) is 0 Å². The van der Waals surface area contributed by atoms with Crippen molar-refractivity contribution in [1.82, 2.24) is 40.4 Å². The van der Waals surface area contributed by atoms with Crippen molar-refractivity contribution >= 4 is 24.0 Å². The quantitative estimate of drug-likeness (QED) is 0.133. The number of nitrogens with one attached hydrogen (secondary N) is 4. The number of carbonyl (C=O) groups is 4. The molecule has 4 amide bonds. The standard InChI is InChI=1S/C42H54N8O6/c1-23(2)34(47-41(53)55-7)39(51)49(6)25(5)37-43-22-32(45-37)27-16-14-26(15-17-27)28-18-19-30-29(21-28)11-9-12-31-36(30)46-38(44-31)33-13-10-20-50(33)40(52)35(24(3)4)48-42(54)56-8/h14-19,21-25,33-35H,9-13,20H2,1-8H3,(H,43,45)(H,44,46)(H,47,53)(H,48,54)/t25-,33-,34-,35-/m0/s1. The minimum absolute atomic E-state index is 0.103. The van der Waals surface area contributed by atoms with Gasteiger partial charge in [0.2, 0.25) is 11.8 Å². The number of hydrogen-bond donors (Lipinski definition) is 4. The lowest BCUT2D eigenvalue weighted by Crippen LogP contribution is -2.51. The smallest absolute Gasteiger partial charge is 0.407 e. The summed E-state index contributed by atoms with van der Waals surface area (Å²) < 4.78 is 9.51. The van der Waals surface area contributed by atoms with Gasteiger partial charge in [-0.1, -0.05) is 70.2 Å². The highest BCUT2D eigenvalue weighted by Crippen LogP contribution is 2.38. The first kappa shape index (κ1) is 40.0. The molecule has 0 spiro atoms. The fourth-order valence-corrected chi connectivity index (χ4v) is 7.68. The number of benzene rings is 2. The summed E-state index contributed by atoms with van der Waals surface area (Å²) in [6.07, 6.45) is 4.92. The fourth-order valence-electron chi connectivity index (χ4n) is 7.68. The number of imidazole rings is 2. The average molecular weight is 767 g/mol. The van der Waals surface area contributed by atoms with Gasteiger partial charge in [-0.2, -0.15) is 0 Å². The van der Waals surface area contributed by atoms with Gasteiger partial charge in [0.05, 0.1) is 43.9 Å². The van der Waals surface area contributed by atoms with E-state index in [9.17, 15) is 19.2 Å². The zero-order valence-corrected chi connectivity index (χ0v) is 33.6. The van der Waals surface area contributed by atoms with Crippen molar-refractivity contribution in [3.63, 3.8) is 0 Å². The molecular weight excluding hydrogens is 713 g/mol. The van der Waals surface area contributed by atoms with Crippen LogP contribution in [0.2, 0.25) is 0 Å². The summed E-state index contributed by atoms with van der Waals surface area (Å²) in [5.41, 5.74) is 8.36. The molecule has 1 fully saturated rings. The molecule has 2 aromatic heterocycles. The van der Waals surface area contributed by atoms with E-state index in [1.165, 1.54) is 19.8 Å². The number of methoxy groups -OCH3 is 2. The number of alkyl carbamates (subject to hydrolysis) is 2. The number of rotatable bonds is 11. The summed E-state index contributed by atoms with van der Waals surface area (Å²) >= 11 is 0. The van der Waals surface area contributed by atoms with Crippen molar-refractivity contribution in [3.8, 4) is 33.6 Å². The zero-order valence-electron chi connectivity index (χ0n) is 33.6. The van der Waals surface area contributed by atoms with E-state index in [0.29, 0.717) is 12.4 Å². The number of fused-ring (bicyclic) bond motifs is 3. The van der Waals surface area contributed by atoms with E-state index in [0.717, 1.165) is 77.3 Å². The summed E-state index contributed by atoms with van der Waals surface area (Å²) in [4.78, 5) is 71.1. The molecule has 4 atom stereocenters. The third kappa shape index (κ3) is 8.29. The van der Waals surface area contributed by atoms with E-state index in [-0.39, 0.29) is 35.7 Å². The van der Waals surface area contributed by atoms with Crippen LogP contribution >= 0.6 is 0 Å². The van der Waals surface area contributed by atoms with Crippen molar-refractivity contribution in [1.29, 1.82) is 0 Å². The molecule has 4 aromatic rings. The normalized spacial score (nSPS) is 16.7. The minimum Gasteiger partial charge on any atom is -0.453 e. The molecule has 0 bridgehead atoms. The maximum absolute atomic E-state index is 13.7. The molecular formula is C42H54N8O6. The first-order valence-corrected chi connectivity index (χ1v) is 19.4. The van der Waals surface area contributed by atoms with Gasteiger partial charge in [0.25, 0.3) is 0 Å². The molecule has 1 aliphatic carbocycles. The predicted octanol–water partition coefficient (Wildman–Crippen LogP) is 6.57. The highest BCUT2D eigenvalue weighted by molar-refractivity contribution is 5.87. The maximum Gasteiger partial charge on any atom is 0.407 e. The Balaban J connectivity index is 1.17. The second-order valence-electron chi connectivity index (χ2n) is 15.5. The number of amides is 4. The highest BCUT2D eigenvalue weighted by atomic mass is 16.5. The number of likely N-dealkylation sites (N-methyl/N-ethyl adjacent to an activating group) is 1. The number of nitrogens with zero attached hydrogens (tertiary/aromatic N) is 4. The molecule has 56 heavy (non-hydrogen) atoms. The molecule has 14 nitrogen and oxygen atoms in total. The Labute approximate surface area is 328 Å². The molecule has 1 aliphatic heterocycles. The number of likely N-dealkylation sites (tertiary alicyclic amines) is 1. The van der Waals surface area contributed by atoms with Crippen LogP contribution in [0.25, 0.3) is 33.6 Å². The van der Waals surface area contributed by atoms with Crippen LogP contribution in [-0.4, -0.2) is 93.6 Å². The lowest BCUT2D eigenvalue weighted by molar-refractivity contribution is -0.136. The predicted molar refractivity (Wildman–Crippen MR) is 212 cm³/mol. The van der Waals surface area contributed by atoms with Gasteiger partial charge in [-0.05, 0) is 73.1 Å². The zero-order chi connectivity index (χ0) is 40.3. The number of carbonyl (C=O) groups excluding carboxylic acids is 4. The number of aromatic amines is 2. The summed E-state index contributed by atoms with van der Waals surface area (Å²) in [5.74, 6) is 0.835. The van der Waals surface area contributed by atoms with Crippen molar-refractivity contribution in [3.05, 3.63) is 71.6 Å². The van der Waals surface area contributed by atoms with Gasteiger partial charge < -0.3 is 39.9 Å². The van der Waals surface area contributed by atoms with E-state index in [2.05, 4.69) is 68.1 Å². The van der Waals surface area contributed by atoms with Crippen LogP contribution in [0.3, 0.4) is 0 Å². The molecule has 2 aromatic carbocycles. The molecule has 0 unspecified atom stereocenters. The number of aryl methyl sites for hydroxylation is 2. The first-order chi connectivity index (χ1) is 26.8.